The summed E-state index contributed by atoms with van der Waals surface area (Å²) in [5.41, 5.74) is 3.51. The fraction of sp³-hybridized carbons (Fsp3) is 0.562. The summed E-state index contributed by atoms with van der Waals surface area (Å²) in [5.74, 6) is 0.703. The molecule has 35 heavy (non-hydrogen) atoms. The predicted octanol–water partition coefficient (Wildman–Crippen LogP) is 9.51. The molecule has 0 radical (unpaired) electrons. The Morgan fingerprint density at radius 2 is 1.51 bits per heavy atom. The number of benzene rings is 2. The summed E-state index contributed by atoms with van der Waals surface area (Å²) in [6.07, 6.45) is 18.9. The molecule has 3 heteroatoms. The lowest BCUT2D eigenvalue weighted by Crippen LogP contribution is -2.15. The molecule has 1 nitrogen and oxygen atoms in total. The minimum Gasteiger partial charge on any atom is -0.494 e. The summed E-state index contributed by atoms with van der Waals surface area (Å²) in [7, 11) is 1.37. The summed E-state index contributed by atoms with van der Waals surface area (Å²) >= 11 is 0. The van der Waals surface area contributed by atoms with Crippen molar-refractivity contribution in [1.82, 2.24) is 0 Å². The van der Waals surface area contributed by atoms with Crippen molar-refractivity contribution in [1.29, 1.82) is 0 Å². The largest absolute Gasteiger partial charge is 0.494 e. The highest BCUT2D eigenvalue weighted by Gasteiger charge is 2.26. The van der Waals surface area contributed by atoms with E-state index in [2.05, 4.69) is 43.3 Å². The topological polar surface area (TPSA) is 9.23 Å². The number of halogens is 2. The number of allylic oxidation sites excluding steroid dienone is 2. The molecule has 0 amide bonds. The number of aryl methyl sites for hydroxylation is 1. The molecule has 2 fully saturated rings. The summed E-state index contributed by atoms with van der Waals surface area (Å²) in [6, 6.07) is 12.6. The Morgan fingerprint density at radius 1 is 0.829 bits per heavy atom. The van der Waals surface area contributed by atoms with Gasteiger partial charge in [-0.3, -0.25) is 0 Å². The van der Waals surface area contributed by atoms with Crippen molar-refractivity contribution in [3.05, 3.63) is 76.9 Å². The predicted molar refractivity (Wildman–Crippen MR) is 141 cm³/mol. The summed E-state index contributed by atoms with van der Waals surface area (Å²) in [6.45, 7) is 2.24. The van der Waals surface area contributed by atoms with E-state index in [-0.39, 0.29) is 11.7 Å². The van der Waals surface area contributed by atoms with Crippen molar-refractivity contribution < 1.29 is 13.5 Å². The zero-order valence-corrected chi connectivity index (χ0v) is 21.6. The van der Waals surface area contributed by atoms with Gasteiger partial charge in [-0.2, -0.15) is 4.39 Å². The molecule has 0 aromatic heterocycles. The van der Waals surface area contributed by atoms with Crippen molar-refractivity contribution in [2.75, 3.05) is 7.11 Å². The van der Waals surface area contributed by atoms with Gasteiger partial charge in [0.1, 0.15) is 0 Å². The lowest BCUT2D eigenvalue weighted by molar-refractivity contribution is 0.304. The molecule has 0 spiro atoms. The molecule has 2 aliphatic carbocycles. The van der Waals surface area contributed by atoms with Crippen LogP contribution in [0, 0.1) is 23.5 Å². The van der Waals surface area contributed by atoms with Crippen molar-refractivity contribution >= 4 is 0 Å². The Labute approximate surface area is 211 Å². The Morgan fingerprint density at radius 3 is 2.17 bits per heavy atom. The van der Waals surface area contributed by atoms with Gasteiger partial charge in [0.15, 0.2) is 11.6 Å². The Kier molecular flexibility index (Phi) is 9.40. The van der Waals surface area contributed by atoms with E-state index in [1.165, 1.54) is 63.2 Å². The van der Waals surface area contributed by atoms with E-state index in [4.69, 9.17) is 4.74 Å². The number of methoxy groups -OCH3 is 1. The average Bonchev–Trinajstić information content (AvgIpc) is 2.90. The van der Waals surface area contributed by atoms with E-state index < -0.39 is 11.6 Å². The van der Waals surface area contributed by atoms with Crippen LogP contribution in [0.5, 0.6) is 5.75 Å². The van der Waals surface area contributed by atoms with Crippen LogP contribution in [0.2, 0.25) is 0 Å². The quantitative estimate of drug-likeness (QED) is 0.325. The molecule has 0 N–H and O–H groups in total. The lowest BCUT2D eigenvalue weighted by atomic mass is 9.76. The van der Waals surface area contributed by atoms with Crippen LogP contribution in [0.1, 0.15) is 106 Å². The van der Waals surface area contributed by atoms with Crippen LogP contribution in [0.25, 0.3) is 0 Å². The smallest absolute Gasteiger partial charge is 0.200 e. The Hall–Kier alpha value is -2.16. The fourth-order valence-electron chi connectivity index (χ4n) is 6.29. The van der Waals surface area contributed by atoms with Crippen LogP contribution in [0.15, 0.2) is 48.6 Å². The number of hydrogen-bond acceptors (Lipinski definition) is 1. The molecular formula is C32H42F2O. The summed E-state index contributed by atoms with van der Waals surface area (Å²) in [5, 5.41) is 0. The normalized spacial score (nSPS) is 25.1. The minimum atomic E-state index is -0.851. The highest BCUT2D eigenvalue weighted by atomic mass is 19.2. The van der Waals surface area contributed by atoms with E-state index in [1.54, 1.807) is 12.1 Å². The first kappa shape index (κ1) is 25.9. The highest BCUT2D eigenvalue weighted by Crippen LogP contribution is 2.40. The monoisotopic (exact) mass is 480 g/mol. The van der Waals surface area contributed by atoms with Gasteiger partial charge in [-0.25, -0.2) is 4.39 Å². The van der Waals surface area contributed by atoms with E-state index in [0.29, 0.717) is 11.5 Å². The van der Waals surface area contributed by atoms with E-state index >= 15 is 0 Å². The van der Waals surface area contributed by atoms with Gasteiger partial charge in [-0.1, -0.05) is 55.8 Å². The zero-order chi connectivity index (χ0) is 24.6. The van der Waals surface area contributed by atoms with Crippen molar-refractivity contribution in [2.45, 2.75) is 95.8 Å². The number of rotatable bonds is 9. The maximum Gasteiger partial charge on any atom is 0.200 e. The van der Waals surface area contributed by atoms with E-state index in [9.17, 15) is 8.78 Å². The number of hydrogen-bond donors (Lipinski definition) is 0. The minimum absolute atomic E-state index is 0.0127. The van der Waals surface area contributed by atoms with Crippen molar-refractivity contribution in [2.24, 2.45) is 11.8 Å². The molecule has 2 saturated carbocycles. The third-order valence-electron chi connectivity index (χ3n) is 8.49. The fourth-order valence-corrected chi connectivity index (χ4v) is 6.29. The van der Waals surface area contributed by atoms with Gasteiger partial charge in [0.2, 0.25) is 5.82 Å². The van der Waals surface area contributed by atoms with Crippen molar-refractivity contribution in [3.63, 3.8) is 0 Å². The first-order valence-corrected chi connectivity index (χ1v) is 13.9. The maximum absolute atomic E-state index is 14.5. The zero-order valence-electron chi connectivity index (χ0n) is 21.6. The molecule has 2 aromatic rings. The van der Waals surface area contributed by atoms with Gasteiger partial charge in [-0.15, -0.1) is 0 Å². The van der Waals surface area contributed by atoms with Gasteiger partial charge in [0.05, 0.1) is 7.11 Å². The molecule has 4 rings (SSSR count). The summed E-state index contributed by atoms with van der Waals surface area (Å²) in [4.78, 5) is 0. The first-order valence-electron chi connectivity index (χ1n) is 13.9. The second-order valence-electron chi connectivity index (χ2n) is 10.8. The van der Waals surface area contributed by atoms with Crippen LogP contribution >= 0.6 is 0 Å². The Balaban J connectivity index is 1.15. The molecular weight excluding hydrogens is 438 g/mol. The maximum atomic E-state index is 14.5. The van der Waals surface area contributed by atoms with Crippen LogP contribution in [-0.2, 0) is 6.42 Å². The van der Waals surface area contributed by atoms with Crippen LogP contribution in [0.3, 0.4) is 0 Å². The third kappa shape index (κ3) is 6.74. The standard InChI is InChI=1S/C32H42F2O/c1-3-6-23-9-15-26(16-10-23)27-17-11-24(12-18-27)7-4-5-8-25-13-19-28(20-14-25)29-21-22-30(35-2)32(34)31(29)33/h4,7,9-10,15-16,21-22,24-25,27-28H,3,5-6,8,11-14,17-20H2,1-2H3. The second-order valence-corrected chi connectivity index (χ2v) is 10.8. The van der Waals surface area contributed by atoms with E-state index in [1.807, 2.05) is 0 Å². The SMILES string of the molecule is CCCc1ccc(C2CCC(C=CCCC3CCC(c4ccc(OC)c(F)c4F)CC3)CC2)cc1. The number of ether oxygens (including phenoxy) is 1. The molecule has 0 bridgehead atoms. The van der Waals surface area contributed by atoms with Crippen molar-refractivity contribution in [3.8, 4) is 5.75 Å². The van der Waals surface area contributed by atoms with Crippen LogP contribution in [0.4, 0.5) is 8.78 Å². The lowest BCUT2D eigenvalue weighted by Gasteiger charge is -2.29. The molecule has 2 aliphatic rings. The van der Waals surface area contributed by atoms with Crippen LogP contribution < -0.4 is 4.74 Å². The van der Waals surface area contributed by atoms with Gasteiger partial charge in [0.25, 0.3) is 0 Å². The molecule has 0 atom stereocenters. The van der Waals surface area contributed by atoms with Gasteiger partial charge in [0, 0.05) is 0 Å². The Bertz CT molecular complexity index is 948. The molecule has 0 heterocycles. The molecule has 0 saturated heterocycles. The van der Waals surface area contributed by atoms with Gasteiger partial charge >= 0.3 is 0 Å². The average molecular weight is 481 g/mol. The first-order chi connectivity index (χ1) is 17.1. The molecule has 0 unspecified atom stereocenters. The molecule has 0 aliphatic heterocycles. The molecule has 190 valence electrons. The van der Waals surface area contributed by atoms with E-state index in [0.717, 1.165) is 43.9 Å². The van der Waals surface area contributed by atoms with Gasteiger partial charge < -0.3 is 4.74 Å². The summed E-state index contributed by atoms with van der Waals surface area (Å²) < 4.78 is 33.4. The highest BCUT2D eigenvalue weighted by molar-refractivity contribution is 5.33. The van der Waals surface area contributed by atoms with Crippen LogP contribution in [-0.4, -0.2) is 7.11 Å². The van der Waals surface area contributed by atoms with Gasteiger partial charge in [-0.05, 0) is 117 Å². The third-order valence-corrected chi connectivity index (χ3v) is 8.49. The second kappa shape index (κ2) is 12.7. The molecule has 2 aromatic carbocycles.